The molecule has 0 spiro atoms. The number of hydrogen-bond donors (Lipinski definition) is 0. The molecule has 0 amide bonds. The second-order valence-corrected chi connectivity index (χ2v) is 3.82. The summed E-state index contributed by atoms with van der Waals surface area (Å²) in [6, 6.07) is 0. The molecule has 0 fully saturated rings. The Labute approximate surface area is 92.3 Å². The second kappa shape index (κ2) is 3.40. The molecule has 0 aromatic carbocycles. The van der Waals surface area contributed by atoms with Crippen LogP contribution in [-0.2, 0) is 27.2 Å². The maximum atomic E-state index is 11.9. The average Bonchev–Trinajstić information content (AvgIpc) is 2.66. The van der Waals surface area contributed by atoms with E-state index in [1.54, 1.807) is 23.2 Å². The summed E-state index contributed by atoms with van der Waals surface area (Å²) in [5.74, 6) is 0. The molecule has 0 aliphatic heterocycles. The van der Waals surface area contributed by atoms with Crippen molar-refractivity contribution in [3.05, 3.63) is 21.0 Å². The number of nitrogens with zero attached hydrogens (tertiary/aromatic N) is 4. The van der Waals surface area contributed by atoms with E-state index in [1.807, 2.05) is 13.8 Å². The van der Waals surface area contributed by atoms with Crippen molar-refractivity contribution >= 4 is 11.3 Å². The summed E-state index contributed by atoms with van der Waals surface area (Å²) in [5, 5.41) is 0. The lowest BCUT2D eigenvalue weighted by molar-refractivity contribution is 0.647. The molecule has 0 aliphatic rings. The van der Waals surface area contributed by atoms with Gasteiger partial charge in [-0.25, -0.2) is 9.59 Å². The molecule has 0 saturated carbocycles. The number of rotatable bonds is 2. The fraction of sp³-hybridized carbons (Fsp3) is 0.600. The van der Waals surface area contributed by atoms with Crippen molar-refractivity contribution in [2.75, 3.05) is 0 Å². The molecule has 0 unspecified atom stereocenters. The van der Waals surface area contributed by atoms with Crippen molar-refractivity contribution < 1.29 is 0 Å². The largest absolute Gasteiger partial charge is 0.331 e. The molecular formula is C10H16N4O2. The van der Waals surface area contributed by atoms with Gasteiger partial charge in [0.05, 0.1) is 0 Å². The predicted octanol–water partition coefficient (Wildman–Crippen LogP) is -0.120. The van der Waals surface area contributed by atoms with Crippen LogP contribution >= 0.6 is 0 Å². The molecule has 16 heavy (non-hydrogen) atoms. The van der Waals surface area contributed by atoms with E-state index >= 15 is 0 Å². The van der Waals surface area contributed by atoms with Crippen LogP contribution in [0.4, 0.5) is 0 Å². The Hall–Kier alpha value is -1.72. The molecule has 0 N–H and O–H groups in total. The number of aromatic nitrogens is 4. The smallest absolute Gasteiger partial charge is 0.279 e. The lowest BCUT2D eigenvalue weighted by Crippen LogP contribution is -2.28. The van der Waals surface area contributed by atoms with E-state index in [4.69, 9.17) is 0 Å². The summed E-state index contributed by atoms with van der Waals surface area (Å²) in [6.45, 7) is 4.93. The number of hydrogen-bond acceptors (Lipinski definition) is 2. The number of aryl methyl sites for hydroxylation is 4. The molecule has 0 atom stereocenters. The Morgan fingerprint density at radius 2 is 1.12 bits per heavy atom. The molecule has 2 heterocycles. The van der Waals surface area contributed by atoms with E-state index in [-0.39, 0.29) is 11.4 Å². The molecule has 0 saturated heterocycles. The van der Waals surface area contributed by atoms with Crippen molar-refractivity contribution in [2.24, 2.45) is 14.1 Å². The zero-order chi connectivity index (χ0) is 12.0. The van der Waals surface area contributed by atoms with Crippen LogP contribution in [0.15, 0.2) is 9.59 Å². The van der Waals surface area contributed by atoms with Gasteiger partial charge in [-0.3, -0.25) is 18.3 Å². The van der Waals surface area contributed by atoms with E-state index in [2.05, 4.69) is 0 Å². The fourth-order valence-corrected chi connectivity index (χ4v) is 2.20. The summed E-state index contributed by atoms with van der Waals surface area (Å²) in [6.07, 6.45) is 0. The summed E-state index contributed by atoms with van der Waals surface area (Å²) < 4.78 is 6.29. The van der Waals surface area contributed by atoms with Crippen molar-refractivity contribution in [2.45, 2.75) is 26.9 Å². The Balaban J connectivity index is 3.11. The first-order chi connectivity index (χ1) is 7.54. The minimum atomic E-state index is -0.0784. The Morgan fingerprint density at radius 1 is 0.812 bits per heavy atom. The van der Waals surface area contributed by atoms with Crippen LogP contribution in [0.5, 0.6) is 0 Å². The minimum Gasteiger partial charge on any atom is -0.279 e. The van der Waals surface area contributed by atoms with E-state index in [9.17, 15) is 9.59 Å². The standard InChI is InChI=1S/C10H16N4O2/c1-5-13-7-8(12(4)9(13)15)14(6-2)10(16)11(7)3/h5-6H2,1-4H3. The van der Waals surface area contributed by atoms with Gasteiger partial charge >= 0.3 is 11.4 Å². The van der Waals surface area contributed by atoms with Crippen LogP contribution < -0.4 is 11.4 Å². The third-order valence-corrected chi connectivity index (χ3v) is 3.01. The van der Waals surface area contributed by atoms with E-state index in [0.717, 1.165) is 0 Å². The summed E-state index contributed by atoms with van der Waals surface area (Å²) in [4.78, 5) is 23.8. The van der Waals surface area contributed by atoms with Gasteiger partial charge in [0.25, 0.3) is 0 Å². The van der Waals surface area contributed by atoms with Crippen LogP contribution in [0.25, 0.3) is 11.3 Å². The van der Waals surface area contributed by atoms with Gasteiger partial charge in [-0.15, -0.1) is 0 Å². The molecule has 0 aliphatic carbocycles. The lowest BCUT2D eigenvalue weighted by Gasteiger charge is -1.98. The molecule has 0 bridgehead atoms. The van der Waals surface area contributed by atoms with Crippen molar-refractivity contribution in [1.29, 1.82) is 0 Å². The van der Waals surface area contributed by atoms with E-state index in [0.29, 0.717) is 24.4 Å². The van der Waals surface area contributed by atoms with Crippen LogP contribution in [-0.4, -0.2) is 18.3 Å². The van der Waals surface area contributed by atoms with Gasteiger partial charge < -0.3 is 0 Å². The summed E-state index contributed by atoms with van der Waals surface area (Å²) >= 11 is 0. The average molecular weight is 224 g/mol. The van der Waals surface area contributed by atoms with Gasteiger partial charge in [0, 0.05) is 27.2 Å². The molecule has 2 aromatic heterocycles. The zero-order valence-electron chi connectivity index (χ0n) is 10.0. The van der Waals surface area contributed by atoms with Crippen LogP contribution in [0.2, 0.25) is 0 Å². The summed E-state index contributed by atoms with van der Waals surface area (Å²) in [7, 11) is 3.39. The minimum absolute atomic E-state index is 0.0784. The normalized spacial score (nSPS) is 11.5. The van der Waals surface area contributed by atoms with Gasteiger partial charge in [-0.05, 0) is 13.8 Å². The SMILES string of the molecule is CCn1c(=O)n(C)c2c1n(C)c(=O)n2CC. The molecule has 0 radical (unpaired) electrons. The molecule has 2 rings (SSSR count). The monoisotopic (exact) mass is 224 g/mol. The second-order valence-electron chi connectivity index (χ2n) is 3.82. The molecule has 88 valence electrons. The maximum Gasteiger partial charge on any atom is 0.331 e. The molecule has 6 heteroatoms. The Bertz CT molecular complexity index is 595. The van der Waals surface area contributed by atoms with Gasteiger partial charge in [0.15, 0.2) is 11.3 Å². The predicted molar refractivity (Wildman–Crippen MR) is 61.8 cm³/mol. The van der Waals surface area contributed by atoms with Gasteiger partial charge in [-0.2, -0.15) is 0 Å². The third-order valence-electron chi connectivity index (χ3n) is 3.01. The highest BCUT2D eigenvalue weighted by molar-refractivity contribution is 5.68. The Morgan fingerprint density at radius 3 is 1.38 bits per heavy atom. The third kappa shape index (κ3) is 1.07. The van der Waals surface area contributed by atoms with Gasteiger partial charge in [0.1, 0.15) is 0 Å². The van der Waals surface area contributed by atoms with Crippen LogP contribution in [0, 0.1) is 0 Å². The molecular weight excluding hydrogens is 208 g/mol. The maximum absolute atomic E-state index is 11.9. The zero-order valence-corrected chi connectivity index (χ0v) is 10.0. The first kappa shape index (κ1) is 10.8. The van der Waals surface area contributed by atoms with E-state index in [1.165, 1.54) is 9.13 Å². The lowest BCUT2D eigenvalue weighted by atomic mass is 10.6. The van der Waals surface area contributed by atoms with E-state index < -0.39 is 0 Å². The molecule has 2 aromatic rings. The Kier molecular flexibility index (Phi) is 2.29. The quantitative estimate of drug-likeness (QED) is 0.714. The molecule has 6 nitrogen and oxygen atoms in total. The first-order valence-corrected chi connectivity index (χ1v) is 5.39. The highest BCUT2D eigenvalue weighted by Crippen LogP contribution is 2.09. The van der Waals surface area contributed by atoms with Gasteiger partial charge in [-0.1, -0.05) is 0 Å². The van der Waals surface area contributed by atoms with Crippen molar-refractivity contribution in [1.82, 2.24) is 18.3 Å². The highest BCUT2D eigenvalue weighted by Gasteiger charge is 2.19. The topological polar surface area (TPSA) is 53.9 Å². The fourth-order valence-electron chi connectivity index (χ4n) is 2.20. The number of imidazole rings is 2. The van der Waals surface area contributed by atoms with Gasteiger partial charge in [0.2, 0.25) is 0 Å². The summed E-state index contributed by atoms with van der Waals surface area (Å²) in [5.41, 5.74) is 1.24. The van der Waals surface area contributed by atoms with Crippen molar-refractivity contribution in [3.8, 4) is 0 Å². The van der Waals surface area contributed by atoms with Crippen LogP contribution in [0.3, 0.4) is 0 Å². The highest BCUT2D eigenvalue weighted by atomic mass is 16.2. The van der Waals surface area contributed by atoms with Crippen LogP contribution in [0.1, 0.15) is 13.8 Å². The first-order valence-electron chi connectivity index (χ1n) is 5.39. The number of fused-ring (bicyclic) bond motifs is 1. The van der Waals surface area contributed by atoms with Crippen molar-refractivity contribution in [3.63, 3.8) is 0 Å².